The Kier molecular flexibility index (Phi) is 11.1. The molecule has 4 aliphatic carbocycles. The Morgan fingerprint density at radius 2 is 1.59 bits per heavy atom. The van der Waals surface area contributed by atoms with Gasteiger partial charge in [-0.15, -0.1) is 5.10 Å². The first-order chi connectivity index (χ1) is 26.5. The fraction of sp³-hybridized carbons (Fsp3) is 0.775. The molecule has 0 radical (unpaired) electrons. The molecule has 0 spiro atoms. The summed E-state index contributed by atoms with van der Waals surface area (Å²) in [4.78, 5) is 60.1. The standard InChI is InChI=1S/C40H55N3O13/c1-21(44)50-20-32-34(53-22(2)45)35(54-23(3)46)36(55-24(4)47)37(56-32)52-19-27-17-43(42-41-27)28-9-12-38(5)26(16-28)7-8-31-30(38)10-13-39(6)29(11-14-40(31,39)49)25-15-33(48)51-18-25/h15,17,26,28-32,34-37,49H,7-14,16,18-20H2,1-6H3/t26-,28+,29-,30+,31-,32-,34+,35+,36-,37-,38+,39-,40+/m1/s1. The predicted octanol–water partition coefficient (Wildman–Crippen LogP) is 3.68. The number of ether oxygens (including phenoxy) is 7. The van der Waals surface area contributed by atoms with Crippen molar-refractivity contribution in [1.82, 2.24) is 15.0 Å². The summed E-state index contributed by atoms with van der Waals surface area (Å²) in [6, 6.07) is 0.121. The monoisotopic (exact) mass is 785 g/mol. The third-order valence-corrected chi connectivity index (χ3v) is 14.2. The van der Waals surface area contributed by atoms with Crippen molar-refractivity contribution in [3.05, 3.63) is 23.5 Å². The van der Waals surface area contributed by atoms with Gasteiger partial charge < -0.3 is 38.3 Å². The van der Waals surface area contributed by atoms with E-state index in [1.165, 1.54) is 13.8 Å². The minimum absolute atomic E-state index is 0.0852. The topological polar surface area (TPSA) is 201 Å². The zero-order chi connectivity index (χ0) is 40.2. The molecule has 4 saturated carbocycles. The number of aliphatic hydroxyl groups is 1. The molecule has 1 saturated heterocycles. The Hall–Kier alpha value is -3.89. The van der Waals surface area contributed by atoms with Gasteiger partial charge in [-0.05, 0) is 92.4 Å². The zero-order valence-electron chi connectivity index (χ0n) is 33.1. The predicted molar refractivity (Wildman–Crippen MR) is 192 cm³/mol. The molecule has 5 fully saturated rings. The largest absolute Gasteiger partial charge is 0.463 e. The van der Waals surface area contributed by atoms with Crippen molar-refractivity contribution < 1.29 is 62.2 Å². The number of hydrogen-bond donors (Lipinski definition) is 1. The summed E-state index contributed by atoms with van der Waals surface area (Å²) < 4.78 is 41.0. The van der Waals surface area contributed by atoms with Gasteiger partial charge in [-0.3, -0.25) is 19.2 Å². The van der Waals surface area contributed by atoms with Crippen molar-refractivity contribution >= 4 is 29.8 Å². The third kappa shape index (κ3) is 7.36. The molecule has 308 valence electrons. The SMILES string of the molecule is CC(=O)OC[C@H]1O[C@@H](OCc2cn([C@H]3CC[C@@]4(C)[C@H](CC[C@@H]5[C@@H]4CC[C@]4(C)[C@@H](C6=CC(=O)OC6)CC[C@]54O)C3)nn2)[C@H](OC(C)=O)[C@@H](OC(C)=O)[C@H]1OC(C)=O. The average Bonchev–Trinajstić information content (AvgIpc) is 3.85. The van der Waals surface area contributed by atoms with Crippen LogP contribution in [0.1, 0.15) is 111 Å². The van der Waals surface area contributed by atoms with E-state index in [4.69, 9.17) is 33.2 Å². The van der Waals surface area contributed by atoms with Crippen LogP contribution in [0, 0.1) is 34.5 Å². The number of cyclic esters (lactones) is 1. The van der Waals surface area contributed by atoms with Gasteiger partial charge >= 0.3 is 29.8 Å². The Labute approximate surface area is 326 Å². The summed E-state index contributed by atoms with van der Waals surface area (Å²) in [7, 11) is 0. The molecule has 1 N–H and O–H groups in total. The van der Waals surface area contributed by atoms with Gasteiger partial charge in [0.25, 0.3) is 0 Å². The number of fused-ring (bicyclic) bond motifs is 5. The van der Waals surface area contributed by atoms with Gasteiger partial charge in [0.1, 0.15) is 25.0 Å². The second kappa shape index (κ2) is 15.5. The van der Waals surface area contributed by atoms with E-state index in [0.29, 0.717) is 24.1 Å². The van der Waals surface area contributed by atoms with E-state index in [2.05, 4.69) is 24.2 Å². The fourth-order valence-electron chi connectivity index (χ4n) is 11.7. The highest BCUT2D eigenvalue weighted by Gasteiger charge is 2.67. The summed E-state index contributed by atoms with van der Waals surface area (Å²) in [5, 5.41) is 21.5. The molecule has 16 nitrogen and oxygen atoms in total. The molecular formula is C40H55N3O13. The first-order valence-corrected chi connectivity index (χ1v) is 19.9. The Morgan fingerprint density at radius 3 is 2.27 bits per heavy atom. The number of esters is 5. The van der Waals surface area contributed by atoms with Crippen LogP contribution in [-0.4, -0.2) is 99.5 Å². The molecule has 16 heteroatoms. The van der Waals surface area contributed by atoms with Gasteiger partial charge in [-0.1, -0.05) is 19.1 Å². The van der Waals surface area contributed by atoms with Crippen LogP contribution >= 0.6 is 0 Å². The van der Waals surface area contributed by atoms with Gasteiger partial charge in [-0.2, -0.15) is 0 Å². The number of rotatable bonds is 10. The molecule has 6 aliphatic rings. The van der Waals surface area contributed by atoms with E-state index in [1.807, 2.05) is 10.9 Å². The van der Waals surface area contributed by atoms with Crippen LogP contribution in [-0.2, 0) is 63.7 Å². The normalized spacial score (nSPS) is 40.3. The van der Waals surface area contributed by atoms with Gasteiger partial charge in [0.15, 0.2) is 24.6 Å². The molecule has 0 amide bonds. The number of carbonyl (C=O) groups is 5. The third-order valence-electron chi connectivity index (χ3n) is 14.2. The lowest BCUT2D eigenvalue weighted by Crippen LogP contribution is -2.62. The van der Waals surface area contributed by atoms with Crippen LogP contribution in [0.3, 0.4) is 0 Å². The number of hydrogen-bond acceptors (Lipinski definition) is 15. The molecule has 7 rings (SSSR count). The van der Waals surface area contributed by atoms with Gasteiger partial charge in [0.05, 0.1) is 24.4 Å². The van der Waals surface area contributed by atoms with Gasteiger partial charge in [-0.25, -0.2) is 9.48 Å². The van der Waals surface area contributed by atoms with Crippen LogP contribution in [0.25, 0.3) is 0 Å². The molecule has 3 heterocycles. The minimum Gasteiger partial charge on any atom is -0.463 e. The molecule has 56 heavy (non-hydrogen) atoms. The van der Waals surface area contributed by atoms with Crippen LogP contribution in [0.4, 0.5) is 0 Å². The van der Waals surface area contributed by atoms with Crippen molar-refractivity contribution in [3.8, 4) is 0 Å². The molecule has 0 unspecified atom stereocenters. The summed E-state index contributed by atoms with van der Waals surface area (Å²) in [6.07, 6.45) is 5.58. The van der Waals surface area contributed by atoms with Crippen molar-refractivity contribution in [1.29, 1.82) is 0 Å². The minimum atomic E-state index is -1.33. The number of aromatic nitrogens is 3. The zero-order valence-corrected chi connectivity index (χ0v) is 33.1. The van der Waals surface area contributed by atoms with Crippen LogP contribution in [0.2, 0.25) is 0 Å². The molecule has 1 aromatic rings. The van der Waals surface area contributed by atoms with E-state index in [0.717, 1.165) is 77.2 Å². The van der Waals surface area contributed by atoms with Crippen LogP contribution < -0.4 is 0 Å². The summed E-state index contributed by atoms with van der Waals surface area (Å²) in [6.45, 7) is 9.27. The van der Waals surface area contributed by atoms with Gasteiger partial charge in [0, 0.05) is 39.2 Å². The molecule has 13 atom stereocenters. The van der Waals surface area contributed by atoms with Gasteiger partial charge in [0.2, 0.25) is 0 Å². The Morgan fingerprint density at radius 1 is 0.875 bits per heavy atom. The van der Waals surface area contributed by atoms with Crippen molar-refractivity contribution in [2.45, 2.75) is 148 Å². The van der Waals surface area contributed by atoms with E-state index in [-0.39, 0.29) is 47.9 Å². The molecule has 1 aromatic heterocycles. The summed E-state index contributed by atoms with van der Waals surface area (Å²) in [5.74, 6) is -1.79. The smallest absolute Gasteiger partial charge is 0.331 e. The van der Waals surface area contributed by atoms with E-state index < -0.39 is 60.2 Å². The first kappa shape index (κ1) is 40.3. The van der Waals surface area contributed by atoms with Crippen LogP contribution in [0.15, 0.2) is 17.8 Å². The summed E-state index contributed by atoms with van der Waals surface area (Å²) in [5.41, 5.74) is 0.576. The molecule has 0 bridgehead atoms. The van der Waals surface area contributed by atoms with E-state index in [9.17, 15) is 29.1 Å². The number of nitrogens with zero attached hydrogens (tertiary/aromatic N) is 3. The fourth-order valence-corrected chi connectivity index (χ4v) is 11.7. The highest BCUT2D eigenvalue weighted by Crippen LogP contribution is 2.70. The van der Waals surface area contributed by atoms with Crippen LogP contribution in [0.5, 0.6) is 0 Å². The van der Waals surface area contributed by atoms with E-state index >= 15 is 0 Å². The quantitative estimate of drug-likeness (QED) is 0.266. The lowest BCUT2D eigenvalue weighted by molar-refractivity contribution is -0.310. The van der Waals surface area contributed by atoms with Crippen molar-refractivity contribution in [3.63, 3.8) is 0 Å². The highest BCUT2D eigenvalue weighted by atomic mass is 16.7. The second-order valence-electron chi connectivity index (χ2n) is 17.3. The molecule has 2 aliphatic heterocycles. The lowest BCUT2D eigenvalue weighted by Gasteiger charge is -2.63. The maximum Gasteiger partial charge on any atom is 0.331 e. The summed E-state index contributed by atoms with van der Waals surface area (Å²) >= 11 is 0. The van der Waals surface area contributed by atoms with Crippen molar-refractivity contribution in [2.75, 3.05) is 13.2 Å². The van der Waals surface area contributed by atoms with E-state index in [1.54, 1.807) is 6.08 Å². The lowest BCUT2D eigenvalue weighted by atomic mass is 9.43. The Bertz CT molecular complexity index is 1750. The maximum absolute atomic E-state index is 12.6. The molecular weight excluding hydrogens is 730 g/mol. The highest BCUT2D eigenvalue weighted by molar-refractivity contribution is 5.85. The number of carbonyl (C=O) groups excluding carboxylic acids is 5. The first-order valence-electron chi connectivity index (χ1n) is 19.9. The Balaban J connectivity index is 1.02. The van der Waals surface area contributed by atoms with Crippen molar-refractivity contribution in [2.24, 2.45) is 34.5 Å². The average molecular weight is 786 g/mol. The second-order valence-corrected chi connectivity index (χ2v) is 17.3. The molecule has 0 aromatic carbocycles. The maximum atomic E-state index is 12.6.